The van der Waals surface area contributed by atoms with Gasteiger partial charge in [-0.25, -0.2) is 18.0 Å². The van der Waals surface area contributed by atoms with Gasteiger partial charge < -0.3 is 20.1 Å². The number of ether oxygens (including phenoxy) is 2. The minimum atomic E-state index is -3.88. The number of aryl methyl sites for hydroxylation is 1. The first-order valence-corrected chi connectivity index (χ1v) is 11.8. The van der Waals surface area contributed by atoms with Gasteiger partial charge in [-0.05, 0) is 45.7 Å². The number of hydrogen-bond donors (Lipinski definition) is 2. The molecule has 0 spiro atoms. The van der Waals surface area contributed by atoms with Crippen molar-refractivity contribution in [3.8, 4) is 0 Å². The molecule has 2 atom stereocenters. The number of urea groups is 1. The lowest BCUT2D eigenvalue weighted by atomic mass is 10.0. The summed E-state index contributed by atoms with van der Waals surface area (Å²) in [6, 6.07) is 4.24. The van der Waals surface area contributed by atoms with E-state index in [0.717, 1.165) is 9.87 Å². The summed E-state index contributed by atoms with van der Waals surface area (Å²) in [5.74, 6) is -1.38. The lowest BCUT2D eigenvalue weighted by Gasteiger charge is -2.27. The number of amides is 2. The van der Waals surface area contributed by atoms with Crippen molar-refractivity contribution in [1.82, 2.24) is 14.9 Å². The van der Waals surface area contributed by atoms with E-state index in [-0.39, 0.29) is 35.9 Å². The van der Waals surface area contributed by atoms with Gasteiger partial charge in [-0.1, -0.05) is 17.7 Å². The van der Waals surface area contributed by atoms with Crippen LogP contribution in [0.15, 0.2) is 40.4 Å². The summed E-state index contributed by atoms with van der Waals surface area (Å²) in [4.78, 5) is 37.0. The van der Waals surface area contributed by atoms with Crippen LogP contribution in [0.2, 0.25) is 0 Å². The predicted molar refractivity (Wildman–Crippen MR) is 114 cm³/mol. The molecule has 0 unspecified atom stereocenters. The fourth-order valence-electron chi connectivity index (χ4n) is 3.74. The molecule has 1 saturated heterocycles. The van der Waals surface area contributed by atoms with E-state index in [4.69, 9.17) is 9.47 Å². The molecule has 32 heavy (non-hydrogen) atoms. The lowest BCUT2D eigenvalue weighted by Crippen LogP contribution is -2.50. The van der Waals surface area contributed by atoms with E-state index in [1.54, 1.807) is 26.0 Å². The van der Waals surface area contributed by atoms with Crippen LogP contribution in [-0.2, 0) is 29.1 Å². The van der Waals surface area contributed by atoms with E-state index >= 15 is 0 Å². The van der Waals surface area contributed by atoms with Crippen molar-refractivity contribution in [1.29, 1.82) is 0 Å². The zero-order chi connectivity index (χ0) is 23.5. The average Bonchev–Trinajstić information content (AvgIpc) is 3.23. The maximum absolute atomic E-state index is 13.0. The van der Waals surface area contributed by atoms with Crippen molar-refractivity contribution in [2.45, 2.75) is 50.6 Å². The molecule has 1 aromatic rings. The Balaban J connectivity index is 1.77. The first-order valence-electron chi connectivity index (χ1n) is 10.4. The zero-order valence-corrected chi connectivity index (χ0v) is 19.0. The summed E-state index contributed by atoms with van der Waals surface area (Å²) in [5, 5.41) is 5.03. The zero-order valence-electron chi connectivity index (χ0n) is 18.2. The smallest absolute Gasteiger partial charge is 0.338 e. The average molecular weight is 466 g/mol. The number of carbonyl (C=O) groups is 3. The highest BCUT2D eigenvalue weighted by Crippen LogP contribution is 2.27. The molecule has 10 nitrogen and oxygen atoms in total. The summed E-state index contributed by atoms with van der Waals surface area (Å²) >= 11 is 0. The van der Waals surface area contributed by atoms with Crippen molar-refractivity contribution in [2.24, 2.45) is 0 Å². The third-order valence-electron chi connectivity index (χ3n) is 5.33. The fourth-order valence-corrected chi connectivity index (χ4v) is 5.39. The molecule has 0 aromatic heterocycles. The summed E-state index contributed by atoms with van der Waals surface area (Å²) < 4.78 is 37.6. The van der Waals surface area contributed by atoms with Crippen molar-refractivity contribution in [2.75, 3.05) is 19.8 Å². The highest BCUT2D eigenvalue weighted by atomic mass is 32.2. The van der Waals surface area contributed by atoms with E-state index in [2.05, 4.69) is 10.6 Å². The van der Waals surface area contributed by atoms with Crippen LogP contribution in [0.1, 0.15) is 32.3 Å². The second kappa shape index (κ2) is 9.70. The van der Waals surface area contributed by atoms with Crippen molar-refractivity contribution < 1.29 is 32.3 Å². The van der Waals surface area contributed by atoms with E-state index in [1.165, 1.54) is 12.1 Å². The van der Waals surface area contributed by atoms with Crippen LogP contribution in [0.3, 0.4) is 0 Å². The van der Waals surface area contributed by atoms with Crippen LogP contribution >= 0.6 is 0 Å². The minimum absolute atomic E-state index is 0.106. The normalized spacial score (nSPS) is 21.7. The molecule has 0 radical (unpaired) electrons. The van der Waals surface area contributed by atoms with E-state index in [0.29, 0.717) is 12.8 Å². The Morgan fingerprint density at radius 1 is 1.19 bits per heavy atom. The Kier molecular flexibility index (Phi) is 7.19. The number of sulfonamides is 1. The van der Waals surface area contributed by atoms with Crippen molar-refractivity contribution in [3.05, 3.63) is 41.1 Å². The van der Waals surface area contributed by atoms with Gasteiger partial charge in [-0.2, -0.15) is 4.31 Å². The summed E-state index contributed by atoms with van der Waals surface area (Å²) in [6.07, 6.45) is 0.831. The first-order chi connectivity index (χ1) is 15.1. The second-order valence-corrected chi connectivity index (χ2v) is 9.52. The highest BCUT2D eigenvalue weighted by Gasteiger charge is 2.41. The van der Waals surface area contributed by atoms with Crippen LogP contribution in [0, 0.1) is 6.92 Å². The number of benzene rings is 1. The fraction of sp³-hybridized carbons (Fsp3) is 0.476. The van der Waals surface area contributed by atoms with E-state index < -0.39 is 40.1 Å². The molecule has 11 heteroatoms. The Morgan fingerprint density at radius 3 is 2.53 bits per heavy atom. The first kappa shape index (κ1) is 23.7. The van der Waals surface area contributed by atoms with Gasteiger partial charge in [-0.3, -0.25) is 4.79 Å². The van der Waals surface area contributed by atoms with E-state index in [9.17, 15) is 22.8 Å². The van der Waals surface area contributed by atoms with Gasteiger partial charge >= 0.3 is 18.0 Å². The summed E-state index contributed by atoms with van der Waals surface area (Å²) in [5.41, 5.74) is 1.18. The van der Waals surface area contributed by atoms with Gasteiger partial charge in [0, 0.05) is 6.54 Å². The molecule has 0 bridgehead atoms. The summed E-state index contributed by atoms with van der Waals surface area (Å²) in [7, 11) is -3.88. The quantitative estimate of drug-likeness (QED) is 0.579. The predicted octanol–water partition coefficient (Wildman–Crippen LogP) is 1.21. The molecule has 0 aliphatic carbocycles. The van der Waals surface area contributed by atoms with Crippen molar-refractivity contribution in [3.63, 3.8) is 0 Å². The van der Waals surface area contributed by atoms with Crippen LogP contribution < -0.4 is 10.6 Å². The van der Waals surface area contributed by atoms with Crippen LogP contribution in [0.4, 0.5) is 4.79 Å². The maximum Gasteiger partial charge on any atom is 0.338 e. The third kappa shape index (κ3) is 4.94. The molecule has 2 aliphatic rings. The molecule has 1 fully saturated rings. The van der Waals surface area contributed by atoms with Gasteiger partial charge in [0.15, 0.2) is 0 Å². The van der Waals surface area contributed by atoms with Crippen LogP contribution in [-0.4, -0.2) is 62.5 Å². The molecular weight excluding hydrogens is 438 g/mol. The molecule has 2 N–H and O–H groups in total. The number of nitrogens with one attached hydrogen (secondary N) is 2. The van der Waals surface area contributed by atoms with Gasteiger partial charge in [0.25, 0.3) is 0 Å². The maximum atomic E-state index is 13.0. The van der Waals surface area contributed by atoms with Crippen molar-refractivity contribution >= 4 is 28.0 Å². The lowest BCUT2D eigenvalue weighted by molar-refractivity contribution is -0.147. The SMILES string of the molecule is CCOC(=O)C1=C(COC(=O)[C@H]2CCCN2S(=O)(=O)c2ccc(C)cc2)NC(=O)N[C@H]1C. The number of hydrogen-bond acceptors (Lipinski definition) is 7. The number of esters is 2. The number of rotatable bonds is 7. The van der Waals surface area contributed by atoms with Gasteiger partial charge in [0.2, 0.25) is 10.0 Å². The molecular formula is C21H27N3O7S. The minimum Gasteiger partial charge on any atom is -0.463 e. The largest absolute Gasteiger partial charge is 0.463 e. The van der Waals surface area contributed by atoms with Gasteiger partial charge in [-0.15, -0.1) is 0 Å². The number of carbonyl (C=O) groups excluding carboxylic acids is 3. The Labute approximate surface area is 187 Å². The Bertz CT molecular complexity index is 1030. The van der Waals surface area contributed by atoms with Gasteiger partial charge in [0.1, 0.15) is 12.6 Å². The molecule has 2 heterocycles. The molecule has 174 valence electrons. The molecule has 0 saturated carbocycles. The molecule has 3 rings (SSSR count). The van der Waals surface area contributed by atoms with E-state index in [1.807, 2.05) is 6.92 Å². The van der Waals surface area contributed by atoms with Crippen LogP contribution in [0.25, 0.3) is 0 Å². The summed E-state index contributed by atoms with van der Waals surface area (Å²) in [6.45, 7) is 5.07. The standard InChI is InChI=1S/C21H27N3O7S/c1-4-30-20(26)18-14(3)22-21(27)23-16(18)12-31-19(25)17-6-5-11-24(17)32(28,29)15-9-7-13(2)8-10-15/h7-10,14,17H,4-6,11-12H2,1-3H3,(H2,22,23,27)/t14-,17+/m0/s1. The molecule has 2 aliphatic heterocycles. The molecule has 2 amide bonds. The third-order valence-corrected chi connectivity index (χ3v) is 7.25. The monoisotopic (exact) mass is 465 g/mol. The van der Waals surface area contributed by atoms with Gasteiger partial charge in [0.05, 0.1) is 28.8 Å². The Hall–Kier alpha value is -2.92. The Morgan fingerprint density at radius 2 is 1.88 bits per heavy atom. The highest BCUT2D eigenvalue weighted by molar-refractivity contribution is 7.89. The number of nitrogens with zero attached hydrogens (tertiary/aromatic N) is 1. The van der Waals surface area contributed by atoms with Crippen LogP contribution in [0.5, 0.6) is 0 Å². The molecule has 1 aromatic carbocycles. The topological polar surface area (TPSA) is 131 Å². The second-order valence-electron chi connectivity index (χ2n) is 7.63.